The lowest BCUT2D eigenvalue weighted by atomic mass is 10.1. The topological polar surface area (TPSA) is 26.0 Å². The number of rotatable bonds is 1. The fraction of sp³-hybridized carbons (Fsp3) is 0.0909. The summed E-state index contributed by atoms with van der Waals surface area (Å²) in [5.74, 6) is 0. The Balaban J connectivity index is 2.49. The summed E-state index contributed by atoms with van der Waals surface area (Å²) in [4.78, 5) is 1.22. The number of halogens is 1. The van der Waals surface area contributed by atoms with Crippen molar-refractivity contribution in [1.29, 1.82) is 0 Å². The molecule has 14 heavy (non-hydrogen) atoms. The number of hydrogen-bond acceptors (Lipinski definition) is 2. The van der Waals surface area contributed by atoms with Gasteiger partial charge >= 0.3 is 0 Å². The van der Waals surface area contributed by atoms with Crippen LogP contribution in [-0.2, 0) is 0 Å². The van der Waals surface area contributed by atoms with E-state index in [1.807, 2.05) is 30.3 Å². The summed E-state index contributed by atoms with van der Waals surface area (Å²) >= 11 is 7.43. The van der Waals surface area contributed by atoms with Crippen LogP contribution in [-0.4, -0.2) is 0 Å². The molecular formula is C11H10ClNS. The van der Waals surface area contributed by atoms with Crippen molar-refractivity contribution in [3.8, 4) is 10.4 Å². The van der Waals surface area contributed by atoms with Gasteiger partial charge in [0.15, 0.2) is 0 Å². The molecule has 0 saturated carbocycles. The maximum absolute atomic E-state index is 5.82. The smallest absolute Gasteiger partial charge is 0.0865 e. The van der Waals surface area contributed by atoms with Gasteiger partial charge in [-0.05, 0) is 36.2 Å². The molecule has 3 heteroatoms. The molecule has 72 valence electrons. The van der Waals surface area contributed by atoms with E-state index in [1.165, 1.54) is 16.0 Å². The van der Waals surface area contributed by atoms with E-state index >= 15 is 0 Å². The predicted octanol–water partition coefficient (Wildman–Crippen LogP) is 3.96. The SMILES string of the molecule is Cc1cc(N)sc1-c1ccc(Cl)cc1. The lowest BCUT2D eigenvalue weighted by Crippen LogP contribution is -1.74. The predicted molar refractivity (Wildman–Crippen MR) is 63.9 cm³/mol. The third-order valence-corrected chi connectivity index (χ3v) is 3.41. The van der Waals surface area contributed by atoms with Gasteiger partial charge < -0.3 is 5.73 Å². The first kappa shape index (κ1) is 9.56. The van der Waals surface area contributed by atoms with Crippen molar-refractivity contribution < 1.29 is 0 Å². The molecular weight excluding hydrogens is 214 g/mol. The van der Waals surface area contributed by atoms with Crippen LogP contribution in [0.4, 0.5) is 5.00 Å². The Bertz CT molecular complexity index is 445. The van der Waals surface area contributed by atoms with E-state index in [2.05, 4.69) is 6.92 Å². The molecule has 0 radical (unpaired) electrons. The number of nitrogens with two attached hydrogens (primary N) is 1. The van der Waals surface area contributed by atoms with E-state index in [0.717, 1.165) is 10.0 Å². The fourth-order valence-electron chi connectivity index (χ4n) is 1.39. The molecule has 0 aliphatic rings. The average molecular weight is 224 g/mol. The van der Waals surface area contributed by atoms with Gasteiger partial charge in [0.05, 0.1) is 5.00 Å². The second-order valence-electron chi connectivity index (χ2n) is 3.17. The number of thiophene rings is 1. The second-order valence-corrected chi connectivity index (χ2v) is 4.69. The molecule has 0 aliphatic heterocycles. The van der Waals surface area contributed by atoms with Crippen LogP contribution >= 0.6 is 22.9 Å². The van der Waals surface area contributed by atoms with Crippen LogP contribution in [0.15, 0.2) is 30.3 Å². The first-order valence-electron chi connectivity index (χ1n) is 4.28. The normalized spacial score (nSPS) is 10.4. The molecule has 2 aromatic rings. The van der Waals surface area contributed by atoms with Crippen molar-refractivity contribution in [2.24, 2.45) is 0 Å². The van der Waals surface area contributed by atoms with Gasteiger partial charge in [-0.15, -0.1) is 11.3 Å². The summed E-state index contributed by atoms with van der Waals surface area (Å²) in [6.45, 7) is 2.07. The van der Waals surface area contributed by atoms with Crippen molar-refractivity contribution in [2.75, 3.05) is 5.73 Å². The maximum atomic E-state index is 5.82. The number of aryl methyl sites for hydroxylation is 1. The van der Waals surface area contributed by atoms with Gasteiger partial charge in [-0.1, -0.05) is 23.7 Å². The summed E-state index contributed by atoms with van der Waals surface area (Å²) in [5, 5.41) is 1.61. The van der Waals surface area contributed by atoms with Crippen LogP contribution in [0.25, 0.3) is 10.4 Å². The number of benzene rings is 1. The number of nitrogen functional groups attached to an aromatic ring is 1. The van der Waals surface area contributed by atoms with Crippen LogP contribution in [0.3, 0.4) is 0 Å². The van der Waals surface area contributed by atoms with Crippen LogP contribution in [0.5, 0.6) is 0 Å². The van der Waals surface area contributed by atoms with Crippen molar-refractivity contribution in [2.45, 2.75) is 6.92 Å². The van der Waals surface area contributed by atoms with Crippen LogP contribution in [0, 0.1) is 6.92 Å². The van der Waals surface area contributed by atoms with E-state index in [1.54, 1.807) is 11.3 Å². The summed E-state index contributed by atoms with van der Waals surface area (Å²) in [7, 11) is 0. The molecule has 2 rings (SSSR count). The van der Waals surface area contributed by atoms with E-state index < -0.39 is 0 Å². The lowest BCUT2D eigenvalue weighted by Gasteiger charge is -1.99. The van der Waals surface area contributed by atoms with Gasteiger partial charge in [0.25, 0.3) is 0 Å². The zero-order chi connectivity index (χ0) is 10.1. The first-order valence-corrected chi connectivity index (χ1v) is 5.48. The summed E-state index contributed by atoms with van der Waals surface area (Å²) in [6.07, 6.45) is 0. The highest BCUT2D eigenvalue weighted by atomic mass is 35.5. The lowest BCUT2D eigenvalue weighted by molar-refractivity contribution is 1.54. The molecule has 1 aromatic carbocycles. The minimum Gasteiger partial charge on any atom is -0.391 e. The van der Waals surface area contributed by atoms with E-state index in [0.29, 0.717) is 0 Å². The monoisotopic (exact) mass is 223 g/mol. The molecule has 0 bridgehead atoms. The summed E-state index contributed by atoms with van der Waals surface area (Å²) in [5.41, 5.74) is 8.13. The molecule has 0 atom stereocenters. The van der Waals surface area contributed by atoms with Gasteiger partial charge in [0.2, 0.25) is 0 Å². The second kappa shape index (κ2) is 3.64. The highest BCUT2D eigenvalue weighted by Gasteiger charge is 2.05. The molecule has 1 nitrogen and oxygen atoms in total. The number of anilines is 1. The summed E-state index contributed by atoms with van der Waals surface area (Å²) < 4.78 is 0. The maximum Gasteiger partial charge on any atom is 0.0865 e. The van der Waals surface area contributed by atoms with Crippen LogP contribution in [0.2, 0.25) is 5.02 Å². The Morgan fingerprint density at radius 2 is 1.86 bits per heavy atom. The zero-order valence-electron chi connectivity index (χ0n) is 7.75. The highest BCUT2D eigenvalue weighted by Crippen LogP contribution is 2.34. The standard InChI is InChI=1S/C11H10ClNS/c1-7-6-10(13)14-11(7)8-2-4-9(12)5-3-8/h2-6H,13H2,1H3. The fourth-order valence-corrected chi connectivity index (χ4v) is 2.47. The quantitative estimate of drug-likeness (QED) is 0.778. The van der Waals surface area contributed by atoms with Crippen molar-refractivity contribution in [3.63, 3.8) is 0 Å². The van der Waals surface area contributed by atoms with Gasteiger partial charge in [-0.25, -0.2) is 0 Å². The van der Waals surface area contributed by atoms with Crippen LogP contribution in [0.1, 0.15) is 5.56 Å². The molecule has 2 N–H and O–H groups in total. The summed E-state index contributed by atoms with van der Waals surface area (Å²) in [6, 6.07) is 9.81. The Kier molecular flexibility index (Phi) is 2.48. The minimum absolute atomic E-state index is 0.760. The van der Waals surface area contributed by atoms with Gasteiger partial charge in [-0.2, -0.15) is 0 Å². The van der Waals surface area contributed by atoms with E-state index in [-0.39, 0.29) is 0 Å². The van der Waals surface area contributed by atoms with E-state index in [4.69, 9.17) is 17.3 Å². The minimum atomic E-state index is 0.760. The largest absolute Gasteiger partial charge is 0.391 e. The zero-order valence-corrected chi connectivity index (χ0v) is 9.32. The molecule has 1 aromatic heterocycles. The third-order valence-electron chi connectivity index (χ3n) is 2.04. The molecule has 0 unspecified atom stereocenters. The molecule has 0 fully saturated rings. The Morgan fingerprint density at radius 3 is 2.36 bits per heavy atom. The van der Waals surface area contributed by atoms with Crippen LogP contribution < -0.4 is 5.73 Å². The van der Waals surface area contributed by atoms with Crippen molar-refractivity contribution in [3.05, 3.63) is 40.9 Å². The van der Waals surface area contributed by atoms with Crippen molar-refractivity contribution in [1.82, 2.24) is 0 Å². The Hall–Kier alpha value is -0.990. The average Bonchev–Trinajstić information content (AvgIpc) is 2.47. The van der Waals surface area contributed by atoms with Gasteiger partial charge in [-0.3, -0.25) is 0 Å². The molecule has 0 amide bonds. The van der Waals surface area contributed by atoms with Gasteiger partial charge in [0, 0.05) is 9.90 Å². The van der Waals surface area contributed by atoms with Crippen molar-refractivity contribution >= 4 is 27.9 Å². The van der Waals surface area contributed by atoms with Gasteiger partial charge in [0.1, 0.15) is 0 Å². The Labute approximate surface area is 92.1 Å². The first-order chi connectivity index (χ1) is 6.66. The molecule has 0 aliphatic carbocycles. The molecule has 1 heterocycles. The highest BCUT2D eigenvalue weighted by molar-refractivity contribution is 7.19. The van der Waals surface area contributed by atoms with E-state index in [9.17, 15) is 0 Å². The number of hydrogen-bond donors (Lipinski definition) is 1. The molecule has 0 saturated heterocycles. The molecule has 0 spiro atoms. The third kappa shape index (κ3) is 1.76. The Morgan fingerprint density at radius 1 is 1.21 bits per heavy atom.